The van der Waals surface area contributed by atoms with Crippen LogP contribution in [0.25, 0.3) is 0 Å². The van der Waals surface area contributed by atoms with E-state index in [0.29, 0.717) is 11.5 Å². The molecule has 1 aliphatic heterocycles. The highest BCUT2D eigenvalue weighted by atomic mass is 16.7. The monoisotopic (exact) mass is 286 g/mol. The van der Waals surface area contributed by atoms with Crippen molar-refractivity contribution in [2.24, 2.45) is 0 Å². The molecule has 1 aromatic carbocycles. The molecule has 1 aliphatic rings. The standard InChI is InChI=1S/C13H18O7/c1-18-7-2-4-8(5-3-7)19-13-12(17)11(16)10(15)9(6-14)20-13/h2-5,9-17H,6H2,1H3/t9-,10-,11+,12-,13+/m1/s1. The maximum atomic E-state index is 9.82. The van der Waals surface area contributed by atoms with Gasteiger partial charge < -0.3 is 34.6 Å². The van der Waals surface area contributed by atoms with Gasteiger partial charge in [0.15, 0.2) is 0 Å². The molecule has 112 valence electrons. The Hall–Kier alpha value is -1.38. The van der Waals surface area contributed by atoms with Gasteiger partial charge in [0, 0.05) is 0 Å². The highest BCUT2D eigenvalue weighted by Crippen LogP contribution is 2.25. The van der Waals surface area contributed by atoms with Crippen molar-refractivity contribution in [1.82, 2.24) is 0 Å². The Bertz CT molecular complexity index is 419. The Morgan fingerprint density at radius 2 is 1.60 bits per heavy atom. The van der Waals surface area contributed by atoms with Gasteiger partial charge in [0.1, 0.15) is 35.9 Å². The molecule has 0 spiro atoms. The molecular formula is C13H18O7. The maximum Gasteiger partial charge on any atom is 0.229 e. The van der Waals surface area contributed by atoms with Crippen molar-refractivity contribution in [2.75, 3.05) is 13.7 Å². The Morgan fingerprint density at radius 3 is 2.15 bits per heavy atom. The van der Waals surface area contributed by atoms with Gasteiger partial charge in [-0.05, 0) is 24.3 Å². The molecule has 4 N–H and O–H groups in total. The minimum atomic E-state index is -1.45. The van der Waals surface area contributed by atoms with Crippen LogP contribution in [0.3, 0.4) is 0 Å². The molecule has 1 heterocycles. The summed E-state index contributed by atoms with van der Waals surface area (Å²) >= 11 is 0. The number of methoxy groups -OCH3 is 1. The van der Waals surface area contributed by atoms with E-state index in [9.17, 15) is 15.3 Å². The molecule has 7 heteroatoms. The fourth-order valence-electron chi connectivity index (χ4n) is 1.95. The zero-order chi connectivity index (χ0) is 14.7. The Morgan fingerprint density at radius 1 is 1.00 bits per heavy atom. The van der Waals surface area contributed by atoms with Gasteiger partial charge in [-0.25, -0.2) is 0 Å². The van der Waals surface area contributed by atoms with Crippen molar-refractivity contribution in [1.29, 1.82) is 0 Å². The number of hydrogen-bond donors (Lipinski definition) is 4. The molecule has 0 amide bonds. The second kappa shape index (κ2) is 6.38. The summed E-state index contributed by atoms with van der Waals surface area (Å²) in [6.07, 6.45) is -6.44. The smallest absolute Gasteiger partial charge is 0.229 e. The summed E-state index contributed by atoms with van der Waals surface area (Å²) in [6, 6.07) is 6.55. The highest BCUT2D eigenvalue weighted by molar-refractivity contribution is 5.31. The first-order valence-corrected chi connectivity index (χ1v) is 6.18. The lowest BCUT2D eigenvalue weighted by Gasteiger charge is -2.39. The summed E-state index contributed by atoms with van der Waals surface area (Å²) < 4.78 is 15.6. The molecule has 0 bridgehead atoms. The summed E-state index contributed by atoms with van der Waals surface area (Å²) in [5.74, 6) is 1.04. The van der Waals surface area contributed by atoms with Crippen LogP contribution in [0.2, 0.25) is 0 Å². The first-order chi connectivity index (χ1) is 9.56. The summed E-state index contributed by atoms with van der Waals surface area (Å²) in [5.41, 5.74) is 0. The highest BCUT2D eigenvalue weighted by Gasteiger charge is 2.44. The number of aliphatic hydroxyl groups excluding tert-OH is 4. The van der Waals surface area contributed by atoms with E-state index in [4.69, 9.17) is 19.3 Å². The quantitative estimate of drug-likeness (QED) is 0.555. The molecular weight excluding hydrogens is 268 g/mol. The predicted octanol–water partition coefficient (Wildman–Crippen LogP) is -1.13. The first-order valence-electron chi connectivity index (χ1n) is 6.18. The molecule has 20 heavy (non-hydrogen) atoms. The summed E-state index contributed by atoms with van der Waals surface area (Å²) in [5, 5.41) is 38.2. The zero-order valence-electron chi connectivity index (χ0n) is 10.9. The van der Waals surface area contributed by atoms with Crippen molar-refractivity contribution in [3.05, 3.63) is 24.3 Å². The fraction of sp³-hybridized carbons (Fsp3) is 0.538. The SMILES string of the molecule is COc1ccc(O[C@H]2O[C@H](CO)[C@@H](O)[C@H](O)[C@H]2O)cc1. The van der Waals surface area contributed by atoms with E-state index in [0.717, 1.165) is 0 Å². The van der Waals surface area contributed by atoms with Crippen LogP contribution in [0.1, 0.15) is 0 Å². The molecule has 0 radical (unpaired) electrons. The molecule has 1 aromatic rings. The normalized spacial score (nSPS) is 33.8. The molecule has 2 rings (SSSR count). The third-order valence-corrected chi connectivity index (χ3v) is 3.16. The van der Waals surface area contributed by atoms with Crippen molar-refractivity contribution >= 4 is 0 Å². The summed E-state index contributed by atoms with van der Waals surface area (Å²) in [6.45, 7) is -0.493. The number of aliphatic hydroxyl groups is 4. The Balaban J connectivity index is 2.06. The van der Waals surface area contributed by atoms with E-state index in [1.807, 2.05) is 0 Å². The summed E-state index contributed by atoms with van der Waals surface area (Å²) in [4.78, 5) is 0. The molecule has 1 fully saturated rings. The van der Waals surface area contributed by atoms with Crippen molar-refractivity contribution in [3.63, 3.8) is 0 Å². The molecule has 1 saturated heterocycles. The zero-order valence-corrected chi connectivity index (χ0v) is 10.9. The van der Waals surface area contributed by atoms with Gasteiger partial charge in [-0.1, -0.05) is 0 Å². The van der Waals surface area contributed by atoms with Gasteiger partial charge in [-0.15, -0.1) is 0 Å². The third-order valence-electron chi connectivity index (χ3n) is 3.16. The molecule has 0 aromatic heterocycles. The Labute approximate surface area is 115 Å². The number of benzene rings is 1. The second-order valence-electron chi connectivity index (χ2n) is 4.49. The van der Waals surface area contributed by atoms with Gasteiger partial charge in [-0.2, -0.15) is 0 Å². The predicted molar refractivity (Wildman–Crippen MR) is 67.4 cm³/mol. The van der Waals surface area contributed by atoms with E-state index in [1.54, 1.807) is 24.3 Å². The van der Waals surface area contributed by atoms with E-state index in [1.165, 1.54) is 7.11 Å². The lowest BCUT2D eigenvalue weighted by atomic mass is 9.99. The van der Waals surface area contributed by atoms with Crippen LogP contribution in [0.4, 0.5) is 0 Å². The minimum Gasteiger partial charge on any atom is -0.497 e. The van der Waals surface area contributed by atoms with Gasteiger partial charge in [0.25, 0.3) is 0 Å². The van der Waals surface area contributed by atoms with Crippen LogP contribution < -0.4 is 9.47 Å². The number of ether oxygens (including phenoxy) is 3. The molecule has 7 nitrogen and oxygen atoms in total. The lowest BCUT2D eigenvalue weighted by molar-refractivity contribution is -0.277. The first kappa shape index (κ1) is 15.0. The van der Waals surface area contributed by atoms with Gasteiger partial charge in [-0.3, -0.25) is 0 Å². The van der Waals surface area contributed by atoms with Crippen LogP contribution in [0.5, 0.6) is 11.5 Å². The van der Waals surface area contributed by atoms with E-state index in [2.05, 4.69) is 0 Å². The average molecular weight is 286 g/mol. The van der Waals surface area contributed by atoms with Crippen LogP contribution in [-0.4, -0.2) is 64.8 Å². The number of rotatable bonds is 4. The van der Waals surface area contributed by atoms with Gasteiger partial charge in [0.2, 0.25) is 6.29 Å². The molecule has 5 atom stereocenters. The maximum absolute atomic E-state index is 9.82. The average Bonchev–Trinajstić information content (AvgIpc) is 2.48. The Kier molecular flexibility index (Phi) is 4.79. The van der Waals surface area contributed by atoms with Crippen molar-refractivity contribution < 1.29 is 34.6 Å². The fourth-order valence-corrected chi connectivity index (χ4v) is 1.95. The van der Waals surface area contributed by atoms with E-state index >= 15 is 0 Å². The minimum absolute atomic E-state index is 0.398. The van der Waals surface area contributed by atoms with Crippen LogP contribution in [-0.2, 0) is 4.74 Å². The molecule has 0 aliphatic carbocycles. The van der Waals surface area contributed by atoms with Crippen molar-refractivity contribution in [2.45, 2.75) is 30.7 Å². The summed E-state index contributed by atoms with van der Waals surface area (Å²) in [7, 11) is 1.54. The van der Waals surface area contributed by atoms with E-state index < -0.39 is 37.3 Å². The lowest BCUT2D eigenvalue weighted by Crippen LogP contribution is -2.60. The largest absolute Gasteiger partial charge is 0.497 e. The van der Waals surface area contributed by atoms with Crippen LogP contribution >= 0.6 is 0 Å². The van der Waals surface area contributed by atoms with Crippen LogP contribution in [0.15, 0.2) is 24.3 Å². The number of hydrogen-bond acceptors (Lipinski definition) is 7. The van der Waals surface area contributed by atoms with Crippen molar-refractivity contribution in [3.8, 4) is 11.5 Å². The van der Waals surface area contributed by atoms with Gasteiger partial charge >= 0.3 is 0 Å². The van der Waals surface area contributed by atoms with Crippen LogP contribution in [0, 0.1) is 0 Å². The topological polar surface area (TPSA) is 109 Å². The second-order valence-corrected chi connectivity index (χ2v) is 4.49. The third kappa shape index (κ3) is 3.02. The molecule has 0 saturated carbocycles. The van der Waals surface area contributed by atoms with Gasteiger partial charge in [0.05, 0.1) is 13.7 Å². The molecule has 0 unspecified atom stereocenters. The van der Waals surface area contributed by atoms with E-state index in [-0.39, 0.29) is 0 Å².